The van der Waals surface area contributed by atoms with E-state index in [2.05, 4.69) is 4.90 Å². The van der Waals surface area contributed by atoms with Crippen molar-refractivity contribution >= 4 is 5.97 Å². The van der Waals surface area contributed by atoms with Crippen molar-refractivity contribution in [2.45, 2.75) is 12.5 Å². The van der Waals surface area contributed by atoms with Crippen LogP contribution in [0.4, 0.5) is 0 Å². The van der Waals surface area contributed by atoms with Gasteiger partial charge in [0, 0.05) is 19.6 Å². The molecule has 0 spiro atoms. The fourth-order valence-electron chi connectivity index (χ4n) is 2.11. The summed E-state index contributed by atoms with van der Waals surface area (Å²) < 4.78 is 11.0. The van der Waals surface area contributed by atoms with Crippen LogP contribution in [0.3, 0.4) is 0 Å². The van der Waals surface area contributed by atoms with Crippen molar-refractivity contribution in [3.05, 3.63) is 30.3 Å². The predicted octanol–water partition coefficient (Wildman–Crippen LogP) is 1.24. The number of hydrogen-bond acceptors (Lipinski definition) is 4. The average Bonchev–Trinajstić information content (AvgIpc) is 2.40. The second kappa shape index (κ2) is 7.11. The van der Waals surface area contributed by atoms with E-state index in [4.69, 9.17) is 14.6 Å². The SMILES string of the molecule is O=C(O)CC1CN(CCOc2ccccc2)CCO1. The van der Waals surface area contributed by atoms with Crippen molar-refractivity contribution in [1.29, 1.82) is 0 Å². The fraction of sp³-hybridized carbons (Fsp3) is 0.500. The van der Waals surface area contributed by atoms with Gasteiger partial charge in [0.15, 0.2) is 0 Å². The lowest BCUT2D eigenvalue weighted by atomic mass is 10.2. The lowest BCUT2D eigenvalue weighted by Gasteiger charge is -2.32. The maximum absolute atomic E-state index is 10.7. The summed E-state index contributed by atoms with van der Waals surface area (Å²) in [5.41, 5.74) is 0. The number of morpholine rings is 1. The first-order chi connectivity index (χ1) is 9.24. The van der Waals surface area contributed by atoms with Gasteiger partial charge in [-0.25, -0.2) is 0 Å². The second-order valence-electron chi connectivity index (χ2n) is 4.55. The minimum absolute atomic E-state index is 0.0655. The van der Waals surface area contributed by atoms with Gasteiger partial charge in [-0.3, -0.25) is 9.69 Å². The zero-order chi connectivity index (χ0) is 13.5. The summed E-state index contributed by atoms with van der Waals surface area (Å²) in [6.07, 6.45) is -0.140. The van der Waals surface area contributed by atoms with E-state index < -0.39 is 5.97 Å². The van der Waals surface area contributed by atoms with Gasteiger partial charge in [0.2, 0.25) is 0 Å². The first-order valence-electron chi connectivity index (χ1n) is 6.47. The van der Waals surface area contributed by atoms with Gasteiger partial charge in [-0.1, -0.05) is 18.2 Å². The van der Waals surface area contributed by atoms with E-state index in [0.717, 1.165) is 18.8 Å². The molecule has 1 aromatic rings. The van der Waals surface area contributed by atoms with E-state index in [-0.39, 0.29) is 12.5 Å². The van der Waals surface area contributed by atoms with Crippen LogP contribution < -0.4 is 4.74 Å². The molecule has 5 heteroatoms. The van der Waals surface area contributed by atoms with E-state index in [1.807, 2.05) is 30.3 Å². The number of carbonyl (C=O) groups is 1. The molecule has 1 heterocycles. The first kappa shape index (κ1) is 13.8. The van der Waals surface area contributed by atoms with Crippen molar-refractivity contribution in [3.63, 3.8) is 0 Å². The normalized spacial score (nSPS) is 20.1. The molecule has 1 aromatic carbocycles. The van der Waals surface area contributed by atoms with Crippen LogP contribution in [-0.2, 0) is 9.53 Å². The van der Waals surface area contributed by atoms with Crippen LogP contribution in [0.1, 0.15) is 6.42 Å². The molecular weight excluding hydrogens is 246 g/mol. The molecule has 0 saturated carbocycles. The van der Waals surface area contributed by atoms with E-state index in [0.29, 0.717) is 19.8 Å². The molecule has 0 aliphatic carbocycles. The Morgan fingerprint density at radius 2 is 2.21 bits per heavy atom. The lowest BCUT2D eigenvalue weighted by molar-refractivity contribution is -0.142. The van der Waals surface area contributed by atoms with Crippen LogP contribution in [0.5, 0.6) is 5.75 Å². The summed E-state index contributed by atoms with van der Waals surface area (Å²) in [5.74, 6) is 0.0465. The molecule has 1 aliphatic rings. The van der Waals surface area contributed by atoms with Crippen molar-refractivity contribution in [1.82, 2.24) is 4.90 Å². The number of carboxylic acids is 1. The monoisotopic (exact) mass is 265 g/mol. The number of ether oxygens (including phenoxy) is 2. The summed E-state index contributed by atoms with van der Waals surface area (Å²) in [7, 11) is 0. The summed E-state index contributed by atoms with van der Waals surface area (Å²) in [4.78, 5) is 12.8. The number of para-hydroxylation sites is 1. The molecule has 5 nitrogen and oxygen atoms in total. The Labute approximate surface area is 112 Å². The molecule has 1 aliphatic heterocycles. The van der Waals surface area contributed by atoms with E-state index in [9.17, 15) is 4.79 Å². The number of rotatable bonds is 6. The Hall–Kier alpha value is -1.59. The summed E-state index contributed by atoms with van der Waals surface area (Å²) in [6, 6.07) is 9.67. The zero-order valence-corrected chi connectivity index (χ0v) is 10.8. The molecule has 19 heavy (non-hydrogen) atoms. The van der Waals surface area contributed by atoms with Gasteiger partial charge in [-0.05, 0) is 12.1 Å². The summed E-state index contributed by atoms with van der Waals surface area (Å²) in [5, 5.41) is 8.75. The molecule has 1 atom stereocenters. The highest BCUT2D eigenvalue weighted by molar-refractivity contribution is 5.67. The molecule has 104 valence electrons. The number of aliphatic carboxylic acids is 1. The van der Waals surface area contributed by atoms with Gasteiger partial charge in [-0.2, -0.15) is 0 Å². The first-order valence-corrected chi connectivity index (χ1v) is 6.47. The maximum atomic E-state index is 10.7. The van der Waals surface area contributed by atoms with Gasteiger partial charge in [0.05, 0.1) is 19.1 Å². The summed E-state index contributed by atoms with van der Waals surface area (Å²) in [6.45, 7) is 3.46. The van der Waals surface area contributed by atoms with Crippen LogP contribution in [-0.4, -0.2) is 54.9 Å². The Morgan fingerprint density at radius 3 is 2.95 bits per heavy atom. The molecule has 0 aromatic heterocycles. The quantitative estimate of drug-likeness (QED) is 0.838. The van der Waals surface area contributed by atoms with Gasteiger partial charge in [0.25, 0.3) is 0 Å². The summed E-state index contributed by atoms with van der Waals surface area (Å²) >= 11 is 0. The largest absolute Gasteiger partial charge is 0.492 e. The highest BCUT2D eigenvalue weighted by Gasteiger charge is 2.22. The molecule has 1 saturated heterocycles. The Kier molecular flexibility index (Phi) is 5.18. The molecule has 0 amide bonds. The molecule has 1 fully saturated rings. The molecular formula is C14H19NO4. The number of hydrogen-bond donors (Lipinski definition) is 1. The third kappa shape index (κ3) is 4.89. The van der Waals surface area contributed by atoms with Gasteiger partial charge in [-0.15, -0.1) is 0 Å². The molecule has 1 unspecified atom stereocenters. The van der Waals surface area contributed by atoms with Crippen molar-refractivity contribution in [3.8, 4) is 5.75 Å². The molecule has 2 rings (SSSR count). The Bertz CT molecular complexity index is 396. The van der Waals surface area contributed by atoms with Gasteiger partial charge >= 0.3 is 5.97 Å². The minimum atomic E-state index is -0.813. The third-order valence-electron chi connectivity index (χ3n) is 3.04. The highest BCUT2D eigenvalue weighted by atomic mass is 16.5. The zero-order valence-electron chi connectivity index (χ0n) is 10.8. The topological polar surface area (TPSA) is 59.0 Å². The van der Waals surface area contributed by atoms with E-state index >= 15 is 0 Å². The predicted molar refractivity (Wildman–Crippen MR) is 70.4 cm³/mol. The Balaban J connectivity index is 1.69. The minimum Gasteiger partial charge on any atom is -0.492 e. The maximum Gasteiger partial charge on any atom is 0.306 e. The molecule has 0 radical (unpaired) electrons. The second-order valence-corrected chi connectivity index (χ2v) is 4.55. The average molecular weight is 265 g/mol. The van der Waals surface area contributed by atoms with Crippen LogP contribution in [0.2, 0.25) is 0 Å². The highest BCUT2D eigenvalue weighted by Crippen LogP contribution is 2.10. The fourth-order valence-corrected chi connectivity index (χ4v) is 2.11. The molecule has 0 bridgehead atoms. The van der Waals surface area contributed by atoms with E-state index in [1.165, 1.54) is 0 Å². The lowest BCUT2D eigenvalue weighted by Crippen LogP contribution is -2.44. The third-order valence-corrected chi connectivity index (χ3v) is 3.04. The number of nitrogens with zero attached hydrogens (tertiary/aromatic N) is 1. The van der Waals surface area contributed by atoms with Crippen LogP contribution in [0.15, 0.2) is 30.3 Å². The molecule has 1 N–H and O–H groups in total. The van der Waals surface area contributed by atoms with Crippen LogP contribution in [0.25, 0.3) is 0 Å². The number of carboxylic acid groups (broad SMARTS) is 1. The standard InChI is InChI=1S/C14H19NO4/c16-14(17)10-13-11-15(7-9-19-13)6-8-18-12-4-2-1-3-5-12/h1-5,13H,6-11H2,(H,16,17). The van der Waals surface area contributed by atoms with Crippen molar-refractivity contribution < 1.29 is 19.4 Å². The van der Waals surface area contributed by atoms with E-state index in [1.54, 1.807) is 0 Å². The van der Waals surface area contributed by atoms with Gasteiger partial charge < -0.3 is 14.6 Å². The Morgan fingerprint density at radius 1 is 1.42 bits per heavy atom. The number of benzene rings is 1. The van der Waals surface area contributed by atoms with Gasteiger partial charge in [0.1, 0.15) is 12.4 Å². The van der Waals surface area contributed by atoms with Crippen LogP contribution >= 0.6 is 0 Å². The van der Waals surface area contributed by atoms with Crippen LogP contribution in [0, 0.1) is 0 Å². The van der Waals surface area contributed by atoms with Crippen molar-refractivity contribution in [2.24, 2.45) is 0 Å². The smallest absolute Gasteiger partial charge is 0.306 e. The van der Waals surface area contributed by atoms with Crippen molar-refractivity contribution in [2.75, 3.05) is 32.8 Å².